The van der Waals surface area contributed by atoms with Crippen LogP contribution >= 0.6 is 15.9 Å². The smallest absolute Gasteiger partial charge is 0.0557 e. The van der Waals surface area contributed by atoms with Gasteiger partial charge in [-0.1, -0.05) is 0 Å². The van der Waals surface area contributed by atoms with Crippen LogP contribution in [0.2, 0.25) is 0 Å². The quantitative estimate of drug-likeness (QED) is 0.825. The zero-order valence-corrected chi connectivity index (χ0v) is 11.9. The molecule has 0 radical (unpaired) electrons. The molecule has 0 bridgehead atoms. The van der Waals surface area contributed by atoms with Crippen molar-refractivity contribution in [2.24, 2.45) is 5.92 Å². The highest BCUT2D eigenvalue weighted by atomic mass is 79.9. The number of anilines is 2. The van der Waals surface area contributed by atoms with E-state index in [2.05, 4.69) is 26.9 Å². The molecule has 0 saturated carbocycles. The lowest BCUT2D eigenvalue weighted by atomic mass is 10.0. The molecule has 1 aromatic rings. The number of hydrogen-bond acceptors (Lipinski definition) is 3. The molecule has 4 heteroatoms. The van der Waals surface area contributed by atoms with Crippen LogP contribution < -0.4 is 10.6 Å². The summed E-state index contributed by atoms with van der Waals surface area (Å²) in [5, 5.41) is 9.63. The molecule has 94 valence electrons. The molecule has 1 heterocycles. The summed E-state index contributed by atoms with van der Waals surface area (Å²) in [6.07, 6.45) is 0.821. The molecule has 1 saturated heterocycles. The monoisotopic (exact) mass is 298 g/mol. The molecule has 0 aromatic heterocycles. The predicted molar refractivity (Wildman–Crippen MR) is 75.3 cm³/mol. The summed E-state index contributed by atoms with van der Waals surface area (Å²) in [5.74, 6) is 0.375. The summed E-state index contributed by atoms with van der Waals surface area (Å²) in [7, 11) is 0. The van der Waals surface area contributed by atoms with Crippen LogP contribution in [0.5, 0.6) is 0 Å². The maximum atomic E-state index is 9.63. The summed E-state index contributed by atoms with van der Waals surface area (Å²) in [5.41, 5.74) is 8.97. The minimum Gasteiger partial charge on any atom is -0.398 e. The summed E-state index contributed by atoms with van der Waals surface area (Å²) < 4.78 is 1.03. The minimum atomic E-state index is -0.228. The van der Waals surface area contributed by atoms with Crippen LogP contribution in [0.15, 0.2) is 16.6 Å². The molecule has 0 aliphatic carbocycles. The number of aliphatic hydroxyl groups excluding tert-OH is 1. The Kier molecular flexibility index (Phi) is 3.64. The van der Waals surface area contributed by atoms with Gasteiger partial charge in [0, 0.05) is 29.2 Å². The molecule has 2 unspecified atom stereocenters. The van der Waals surface area contributed by atoms with Crippen LogP contribution in [-0.4, -0.2) is 24.3 Å². The van der Waals surface area contributed by atoms with E-state index in [1.165, 1.54) is 5.69 Å². The molecule has 1 aromatic carbocycles. The third-order valence-electron chi connectivity index (χ3n) is 3.58. The average Bonchev–Trinajstić information content (AvgIpc) is 2.72. The van der Waals surface area contributed by atoms with Gasteiger partial charge in [0.2, 0.25) is 0 Å². The number of nitrogens with two attached hydrogens (primary N) is 1. The highest BCUT2D eigenvalue weighted by molar-refractivity contribution is 9.10. The number of aryl methyl sites for hydroxylation is 1. The zero-order chi connectivity index (χ0) is 12.6. The predicted octanol–water partition coefficient (Wildman–Crippen LogP) is 2.55. The molecule has 1 aliphatic rings. The molecular weight excluding hydrogens is 280 g/mol. The van der Waals surface area contributed by atoms with Crippen LogP contribution in [0.1, 0.15) is 18.9 Å². The Bertz CT molecular complexity index is 420. The van der Waals surface area contributed by atoms with Crippen LogP contribution in [0, 0.1) is 12.8 Å². The highest BCUT2D eigenvalue weighted by Crippen LogP contribution is 2.34. The molecule has 3 nitrogen and oxygen atoms in total. The van der Waals surface area contributed by atoms with E-state index in [-0.39, 0.29) is 6.10 Å². The molecule has 3 N–H and O–H groups in total. The van der Waals surface area contributed by atoms with E-state index in [9.17, 15) is 5.11 Å². The van der Waals surface area contributed by atoms with Gasteiger partial charge >= 0.3 is 0 Å². The number of nitrogen functional groups attached to an aromatic ring is 1. The Labute approximate surface area is 111 Å². The van der Waals surface area contributed by atoms with Gasteiger partial charge in [-0.25, -0.2) is 0 Å². The number of hydrogen-bond donors (Lipinski definition) is 2. The van der Waals surface area contributed by atoms with Gasteiger partial charge in [-0.05, 0) is 53.9 Å². The fraction of sp³-hybridized carbons (Fsp3) is 0.538. The highest BCUT2D eigenvalue weighted by Gasteiger charge is 2.27. The van der Waals surface area contributed by atoms with E-state index >= 15 is 0 Å². The first-order valence-corrected chi connectivity index (χ1v) is 6.77. The van der Waals surface area contributed by atoms with Gasteiger partial charge in [0.25, 0.3) is 0 Å². The Morgan fingerprint density at radius 3 is 2.82 bits per heavy atom. The second-order valence-corrected chi connectivity index (χ2v) is 5.75. The summed E-state index contributed by atoms with van der Waals surface area (Å²) in [6.45, 7) is 5.81. The number of halogens is 1. The second kappa shape index (κ2) is 4.86. The summed E-state index contributed by atoms with van der Waals surface area (Å²) in [6, 6.07) is 4.07. The standard InChI is InChI=1S/C13H19BrN2O/c1-8-5-13(11(14)6-12(8)15)16-4-3-10(7-16)9(2)17/h5-6,9-10,17H,3-4,7,15H2,1-2H3. The molecule has 17 heavy (non-hydrogen) atoms. The Morgan fingerprint density at radius 2 is 2.24 bits per heavy atom. The van der Waals surface area contributed by atoms with E-state index in [1.807, 2.05) is 19.9 Å². The first-order chi connectivity index (χ1) is 7.99. The van der Waals surface area contributed by atoms with E-state index in [1.54, 1.807) is 0 Å². The molecule has 0 amide bonds. The first-order valence-electron chi connectivity index (χ1n) is 5.97. The van der Waals surface area contributed by atoms with Crippen molar-refractivity contribution in [3.63, 3.8) is 0 Å². The van der Waals surface area contributed by atoms with Gasteiger partial charge in [-0.15, -0.1) is 0 Å². The van der Waals surface area contributed by atoms with Gasteiger partial charge in [-0.3, -0.25) is 0 Å². The molecule has 1 aliphatic heterocycles. The van der Waals surface area contributed by atoms with Crippen LogP contribution in [-0.2, 0) is 0 Å². The summed E-state index contributed by atoms with van der Waals surface area (Å²) >= 11 is 3.56. The van der Waals surface area contributed by atoms with Crippen LogP contribution in [0.25, 0.3) is 0 Å². The van der Waals surface area contributed by atoms with Crippen molar-refractivity contribution in [3.8, 4) is 0 Å². The lowest BCUT2D eigenvalue weighted by Crippen LogP contribution is -2.24. The lowest BCUT2D eigenvalue weighted by Gasteiger charge is -2.22. The lowest BCUT2D eigenvalue weighted by molar-refractivity contribution is 0.136. The van der Waals surface area contributed by atoms with Crippen molar-refractivity contribution in [2.45, 2.75) is 26.4 Å². The number of aliphatic hydroxyl groups is 1. The SMILES string of the molecule is Cc1cc(N2CCC(C(C)O)C2)c(Br)cc1N. The van der Waals surface area contributed by atoms with Crippen LogP contribution in [0.3, 0.4) is 0 Å². The Balaban J connectivity index is 2.22. The fourth-order valence-electron chi connectivity index (χ4n) is 2.32. The molecule has 0 spiro atoms. The van der Waals surface area contributed by atoms with Crippen molar-refractivity contribution in [1.82, 2.24) is 0 Å². The normalized spacial score (nSPS) is 21.9. The Hall–Kier alpha value is -0.740. The Morgan fingerprint density at radius 1 is 1.53 bits per heavy atom. The summed E-state index contributed by atoms with van der Waals surface area (Å²) in [4.78, 5) is 2.31. The van der Waals surface area contributed by atoms with Crippen LogP contribution in [0.4, 0.5) is 11.4 Å². The van der Waals surface area contributed by atoms with E-state index in [0.29, 0.717) is 5.92 Å². The third kappa shape index (κ3) is 2.58. The topological polar surface area (TPSA) is 49.5 Å². The molecule has 2 rings (SSSR count). The van der Waals surface area contributed by atoms with Crippen molar-refractivity contribution < 1.29 is 5.11 Å². The van der Waals surface area contributed by atoms with Crippen molar-refractivity contribution in [3.05, 3.63) is 22.2 Å². The molecule has 2 atom stereocenters. The average molecular weight is 299 g/mol. The van der Waals surface area contributed by atoms with Gasteiger partial charge in [0.05, 0.1) is 11.8 Å². The fourth-order valence-corrected chi connectivity index (χ4v) is 2.94. The molecular formula is C13H19BrN2O. The number of nitrogens with zero attached hydrogens (tertiary/aromatic N) is 1. The van der Waals surface area contributed by atoms with Crippen molar-refractivity contribution >= 4 is 27.3 Å². The van der Waals surface area contributed by atoms with E-state index < -0.39 is 0 Å². The molecule has 1 fully saturated rings. The minimum absolute atomic E-state index is 0.228. The van der Waals surface area contributed by atoms with Gasteiger partial charge in [-0.2, -0.15) is 0 Å². The van der Waals surface area contributed by atoms with E-state index in [0.717, 1.165) is 35.2 Å². The van der Waals surface area contributed by atoms with Gasteiger partial charge in [0.1, 0.15) is 0 Å². The van der Waals surface area contributed by atoms with Crippen molar-refractivity contribution in [2.75, 3.05) is 23.7 Å². The first kappa shape index (κ1) is 12.7. The third-order valence-corrected chi connectivity index (χ3v) is 4.22. The largest absolute Gasteiger partial charge is 0.398 e. The second-order valence-electron chi connectivity index (χ2n) is 4.90. The van der Waals surface area contributed by atoms with E-state index in [4.69, 9.17) is 5.73 Å². The zero-order valence-electron chi connectivity index (χ0n) is 10.3. The number of rotatable bonds is 2. The van der Waals surface area contributed by atoms with Gasteiger partial charge in [0.15, 0.2) is 0 Å². The maximum absolute atomic E-state index is 9.63. The van der Waals surface area contributed by atoms with Gasteiger partial charge < -0.3 is 15.7 Å². The van der Waals surface area contributed by atoms with Crippen molar-refractivity contribution in [1.29, 1.82) is 0 Å². The maximum Gasteiger partial charge on any atom is 0.0557 e. The number of benzene rings is 1.